The molecule has 0 aliphatic carbocycles. The Hall–Kier alpha value is -5.18. The van der Waals surface area contributed by atoms with Crippen LogP contribution in [0.1, 0.15) is 70.6 Å². The van der Waals surface area contributed by atoms with Crippen molar-refractivity contribution in [2.24, 2.45) is 5.10 Å². The molecule has 9 heteroatoms. The molecule has 1 atom stereocenters. The second-order valence-corrected chi connectivity index (χ2v) is 11.4. The number of rotatable bonds is 8. The number of methoxy groups -OCH3 is 2. The number of allylic oxidation sites excluding steroid dienone is 1. The third-order valence-electron chi connectivity index (χ3n) is 7.47. The van der Waals surface area contributed by atoms with Gasteiger partial charge in [0.25, 0.3) is 0 Å². The standard InChI is InChI=1S/C34H36N6O3/c1-34(2,3)25-12-10-22(11-13-25)30-26-9-7-6-8-23(26)20-38-40(30)15-14-28(41)27-17-21(18-29(42-4)31(27)43-5)16-24-19-37-33(36)39-32(24)35/h6-15,17-20,30H,16H2,1-5H3,(H4,35,36,37,39)/b15-14+. The number of anilines is 2. The molecular weight excluding hydrogens is 540 g/mol. The van der Waals surface area contributed by atoms with Gasteiger partial charge in [-0.1, -0.05) is 69.3 Å². The normalized spacial score (nSPS) is 14.5. The van der Waals surface area contributed by atoms with Crippen molar-refractivity contribution in [1.82, 2.24) is 15.0 Å². The molecule has 9 nitrogen and oxygen atoms in total. The smallest absolute Gasteiger partial charge is 0.221 e. The molecule has 0 fully saturated rings. The molecule has 3 aromatic carbocycles. The molecule has 5 rings (SSSR count). The minimum atomic E-state index is -0.269. The highest BCUT2D eigenvalue weighted by molar-refractivity contribution is 6.07. The lowest BCUT2D eigenvalue weighted by atomic mass is 9.85. The van der Waals surface area contributed by atoms with E-state index in [9.17, 15) is 4.79 Å². The molecular formula is C34H36N6O3. The van der Waals surface area contributed by atoms with E-state index in [0.29, 0.717) is 29.0 Å². The Kier molecular flexibility index (Phi) is 8.16. The van der Waals surface area contributed by atoms with Gasteiger partial charge in [0.05, 0.1) is 26.0 Å². The van der Waals surface area contributed by atoms with Crippen LogP contribution in [-0.2, 0) is 11.8 Å². The third-order valence-corrected chi connectivity index (χ3v) is 7.47. The van der Waals surface area contributed by atoms with Crippen LogP contribution in [0, 0.1) is 0 Å². The van der Waals surface area contributed by atoms with E-state index in [1.165, 1.54) is 25.9 Å². The van der Waals surface area contributed by atoms with Crippen LogP contribution in [0.2, 0.25) is 0 Å². The minimum Gasteiger partial charge on any atom is -0.493 e. The second-order valence-electron chi connectivity index (χ2n) is 11.4. The quantitative estimate of drug-likeness (QED) is 0.202. The Bertz CT molecular complexity index is 1710. The minimum absolute atomic E-state index is 0.0361. The summed E-state index contributed by atoms with van der Waals surface area (Å²) in [6.07, 6.45) is 6.98. The maximum absolute atomic E-state index is 13.7. The van der Waals surface area contributed by atoms with Crippen LogP contribution >= 0.6 is 0 Å². The summed E-state index contributed by atoms with van der Waals surface area (Å²) in [5.41, 5.74) is 18.0. The number of benzene rings is 3. The van der Waals surface area contributed by atoms with E-state index in [1.807, 2.05) is 29.4 Å². The van der Waals surface area contributed by atoms with Crippen LogP contribution in [0.5, 0.6) is 11.5 Å². The second kappa shape index (κ2) is 12.0. The number of ketones is 1. The van der Waals surface area contributed by atoms with E-state index in [-0.39, 0.29) is 29.0 Å². The van der Waals surface area contributed by atoms with Crippen molar-refractivity contribution in [3.05, 3.63) is 118 Å². The fraction of sp³-hybridized carbons (Fsp3) is 0.235. The molecule has 4 N–H and O–H groups in total. The van der Waals surface area contributed by atoms with Gasteiger partial charge in [-0.3, -0.25) is 9.80 Å². The van der Waals surface area contributed by atoms with Crippen LogP contribution in [0.15, 0.2) is 84.2 Å². The number of ether oxygens (including phenoxy) is 2. The average Bonchev–Trinajstić information content (AvgIpc) is 3.00. The fourth-order valence-corrected chi connectivity index (χ4v) is 5.17. The Morgan fingerprint density at radius 3 is 2.44 bits per heavy atom. The number of nitrogens with zero attached hydrogens (tertiary/aromatic N) is 4. The first-order valence-corrected chi connectivity index (χ1v) is 13.9. The zero-order chi connectivity index (χ0) is 30.7. The van der Waals surface area contributed by atoms with Gasteiger partial charge >= 0.3 is 0 Å². The van der Waals surface area contributed by atoms with Crippen molar-refractivity contribution in [3.8, 4) is 11.5 Å². The predicted octanol–water partition coefficient (Wildman–Crippen LogP) is 5.68. The van der Waals surface area contributed by atoms with Gasteiger partial charge in [-0.25, -0.2) is 4.98 Å². The summed E-state index contributed by atoms with van der Waals surface area (Å²) in [5.74, 6) is 0.868. The van der Waals surface area contributed by atoms with Gasteiger partial charge in [0, 0.05) is 36.0 Å². The predicted molar refractivity (Wildman–Crippen MR) is 170 cm³/mol. The van der Waals surface area contributed by atoms with Crippen LogP contribution in [0.4, 0.5) is 11.8 Å². The van der Waals surface area contributed by atoms with Crippen molar-refractivity contribution in [3.63, 3.8) is 0 Å². The van der Waals surface area contributed by atoms with Gasteiger partial charge < -0.3 is 20.9 Å². The first-order chi connectivity index (χ1) is 20.6. The highest BCUT2D eigenvalue weighted by atomic mass is 16.5. The van der Waals surface area contributed by atoms with Crippen LogP contribution in [-0.4, -0.2) is 41.2 Å². The molecule has 0 radical (unpaired) electrons. The SMILES string of the molecule is COc1cc(Cc2cnc(N)nc2N)cc(C(=O)/C=C/N2N=Cc3ccccc3C2c2ccc(C(C)(C)C)cc2)c1OC. The highest BCUT2D eigenvalue weighted by Gasteiger charge is 2.26. The molecule has 0 saturated heterocycles. The number of aromatic nitrogens is 2. The maximum Gasteiger partial charge on any atom is 0.221 e. The van der Waals surface area contributed by atoms with Crippen molar-refractivity contribution in [1.29, 1.82) is 0 Å². The summed E-state index contributed by atoms with van der Waals surface area (Å²) in [5, 5.41) is 6.52. The zero-order valence-corrected chi connectivity index (χ0v) is 25.0. The highest BCUT2D eigenvalue weighted by Crippen LogP contribution is 2.37. The first-order valence-electron chi connectivity index (χ1n) is 13.9. The number of fused-ring (bicyclic) bond motifs is 1. The molecule has 1 unspecified atom stereocenters. The Balaban J connectivity index is 1.49. The number of carbonyl (C=O) groups excluding carboxylic acids is 1. The van der Waals surface area contributed by atoms with E-state index in [4.69, 9.17) is 26.0 Å². The molecule has 220 valence electrons. The van der Waals surface area contributed by atoms with Gasteiger partial charge in [0.15, 0.2) is 17.3 Å². The Morgan fingerprint density at radius 1 is 1.02 bits per heavy atom. The van der Waals surface area contributed by atoms with E-state index in [1.54, 1.807) is 24.5 Å². The Morgan fingerprint density at radius 2 is 1.77 bits per heavy atom. The van der Waals surface area contributed by atoms with E-state index in [0.717, 1.165) is 22.3 Å². The number of hydrogen-bond donors (Lipinski definition) is 2. The molecule has 0 amide bonds. The number of hydrazone groups is 1. The largest absolute Gasteiger partial charge is 0.493 e. The van der Waals surface area contributed by atoms with Crippen molar-refractivity contribution in [2.45, 2.75) is 38.6 Å². The van der Waals surface area contributed by atoms with Gasteiger partial charge in [-0.05, 0) is 39.8 Å². The molecule has 1 aliphatic rings. The summed E-state index contributed by atoms with van der Waals surface area (Å²) >= 11 is 0. The van der Waals surface area contributed by atoms with Gasteiger partial charge in [-0.2, -0.15) is 10.1 Å². The average molecular weight is 577 g/mol. The van der Waals surface area contributed by atoms with Crippen molar-refractivity contribution >= 4 is 23.8 Å². The summed E-state index contributed by atoms with van der Waals surface area (Å²) in [6, 6.07) is 20.1. The molecule has 4 aromatic rings. The number of carbonyl (C=O) groups is 1. The maximum atomic E-state index is 13.7. The molecule has 0 saturated carbocycles. The summed E-state index contributed by atoms with van der Waals surface area (Å²) in [4.78, 5) is 21.8. The molecule has 2 heterocycles. The molecule has 1 aliphatic heterocycles. The van der Waals surface area contributed by atoms with Crippen molar-refractivity contribution < 1.29 is 14.3 Å². The first kappa shape index (κ1) is 29.3. The molecule has 0 bridgehead atoms. The number of hydrogen-bond acceptors (Lipinski definition) is 9. The monoisotopic (exact) mass is 576 g/mol. The lowest BCUT2D eigenvalue weighted by Crippen LogP contribution is -2.25. The third kappa shape index (κ3) is 6.21. The van der Waals surface area contributed by atoms with Crippen molar-refractivity contribution in [2.75, 3.05) is 25.7 Å². The van der Waals surface area contributed by atoms with Gasteiger partial charge in [0.2, 0.25) is 5.95 Å². The molecule has 1 aromatic heterocycles. The number of nitrogens with two attached hydrogens (primary N) is 2. The van der Waals surface area contributed by atoms with Crippen LogP contribution in [0.25, 0.3) is 0 Å². The summed E-state index contributed by atoms with van der Waals surface area (Å²) in [7, 11) is 3.04. The van der Waals surface area contributed by atoms with Crippen LogP contribution in [0.3, 0.4) is 0 Å². The van der Waals surface area contributed by atoms with E-state index >= 15 is 0 Å². The summed E-state index contributed by atoms with van der Waals surface area (Å²) < 4.78 is 11.2. The van der Waals surface area contributed by atoms with Gasteiger partial charge in [0.1, 0.15) is 11.9 Å². The zero-order valence-electron chi connectivity index (χ0n) is 25.0. The Labute approximate surface area is 251 Å². The van der Waals surface area contributed by atoms with Crippen LogP contribution < -0.4 is 20.9 Å². The summed E-state index contributed by atoms with van der Waals surface area (Å²) in [6.45, 7) is 6.58. The van der Waals surface area contributed by atoms with E-state index < -0.39 is 0 Å². The molecule has 43 heavy (non-hydrogen) atoms. The molecule has 0 spiro atoms. The topological polar surface area (TPSA) is 129 Å². The lowest BCUT2D eigenvalue weighted by molar-refractivity contribution is 0.104. The number of nitrogen functional groups attached to an aromatic ring is 2. The van der Waals surface area contributed by atoms with Gasteiger partial charge in [-0.15, -0.1) is 0 Å². The lowest BCUT2D eigenvalue weighted by Gasteiger charge is -2.32. The van der Waals surface area contributed by atoms with E-state index in [2.05, 4.69) is 61.1 Å². The fourth-order valence-electron chi connectivity index (χ4n) is 5.17.